The topological polar surface area (TPSA) is 85.5 Å². The highest BCUT2D eigenvalue weighted by Gasteiger charge is 2.48. The molecular formula is C11H20N2O4S. The molecule has 6 nitrogen and oxygen atoms in total. The maximum atomic E-state index is 10.0. The molecule has 0 radical (unpaired) electrons. The largest absolute Gasteiger partial charge is 0.394 e. The number of rotatable bonds is 3. The summed E-state index contributed by atoms with van der Waals surface area (Å²) in [4.78, 5) is 6.52. The van der Waals surface area contributed by atoms with Crippen LogP contribution in [0.3, 0.4) is 0 Å². The monoisotopic (exact) mass is 276 g/mol. The molecular weight excluding hydrogens is 256 g/mol. The van der Waals surface area contributed by atoms with Gasteiger partial charge in [0.2, 0.25) is 0 Å². The summed E-state index contributed by atoms with van der Waals surface area (Å²) >= 11 is 1.45. The van der Waals surface area contributed by atoms with Gasteiger partial charge < -0.3 is 25.0 Å². The summed E-state index contributed by atoms with van der Waals surface area (Å²) in [6, 6.07) is -0.455. The van der Waals surface area contributed by atoms with Crippen LogP contribution in [0.15, 0.2) is 4.99 Å². The first-order valence-corrected chi connectivity index (χ1v) is 7.12. The number of fused-ring (bicyclic) bond motifs is 1. The number of ether oxygens (including phenoxy) is 1. The van der Waals surface area contributed by atoms with E-state index in [2.05, 4.69) is 9.89 Å². The Balaban J connectivity index is 2.12. The van der Waals surface area contributed by atoms with E-state index in [0.717, 1.165) is 18.3 Å². The maximum Gasteiger partial charge on any atom is 0.162 e. The van der Waals surface area contributed by atoms with Crippen molar-refractivity contribution in [2.75, 3.05) is 19.7 Å². The lowest BCUT2D eigenvalue weighted by molar-refractivity contribution is -0.164. The minimum Gasteiger partial charge on any atom is -0.394 e. The van der Waals surface area contributed by atoms with Gasteiger partial charge >= 0.3 is 0 Å². The molecule has 0 aromatic carbocycles. The van der Waals surface area contributed by atoms with E-state index in [4.69, 9.17) is 9.84 Å². The number of hydrogen-bond acceptors (Lipinski definition) is 7. The minimum absolute atomic E-state index is 0.303. The molecule has 1 fully saturated rings. The second-order valence-corrected chi connectivity index (χ2v) is 5.46. The Bertz CT molecular complexity index is 324. The van der Waals surface area contributed by atoms with E-state index in [9.17, 15) is 10.2 Å². The van der Waals surface area contributed by atoms with E-state index >= 15 is 0 Å². The molecule has 0 aliphatic carbocycles. The van der Waals surface area contributed by atoms with E-state index in [1.165, 1.54) is 11.8 Å². The van der Waals surface area contributed by atoms with Crippen molar-refractivity contribution in [1.29, 1.82) is 0 Å². The Hall–Kier alpha value is -0.340. The van der Waals surface area contributed by atoms with Crippen LogP contribution in [0, 0.1) is 0 Å². The van der Waals surface area contributed by atoms with Crippen molar-refractivity contribution in [3.8, 4) is 0 Å². The molecule has 0 spiro atoms. The average molecular weight is 276 g/mol. The third-order valence-corrected chi connectivity index (χ3v) is 4.56. The second-order valence-electron chi connectivity index (χ2n) is 4.40. The molecule has 0 bridgehead atoms. The summed E-state index contributed by atoms with van der Waals surface area (Å²) in [7, 11) is 0. The number of aliphatic hydroxyl groups excluding tert-OH is 3. The van der Waals surface area contributed by atoms with Crippen molar-refractivity contribution < 1.29 is 20.1 Å². The third kappa shape index (κ3) is 2.37. The van der Waals surface area contributed by atoms with E-state index in [1.807, 2.05) is 13.8 Å². The molecule has 18 heavy (non-hydrogen) atoms. The van der Waals surface area contributed by atoms with Gasteiger partial charge in [0.05, 0.1) is 6.61 Å². The Kier molecular flexibility index (Phi) is 4.50. The van der Waals surface area contributed by atoms with E-state index in [1.54, 1.807) is 0 Å². The fourth-order valence-electron chi connectivity index (χ4n) is 2.21. The van der Waals surface area contributed by atoms with Crippen LogP contribution in [0.1, 0.15) is 13.8 Å². The number of amidine groups is 1. The van der Waals surface area contributed by atoms with Gasteiger partial charge in [-0.2, -0.15) is 0 Å². The first-order valence-electron chi connectivity index (χ1n) is 6.24. The van der Waals surface area contributed by atoms with Crippen molar-refractivity contribution in [1.82, 2.24) is 4.90 Å². The average Bonchev–Trinajstić information content (AvgIpc) is 2.79. The molecule has 0 unspecified atom stereocenters. The summed E-state index contributed by atoms with van der Waals surface area (Å²) in [6.07, 6.45) is -2.81. The molecule has 2 aliphatic heterocycles. The first kappa shape index (κ1) is 14.1. The summed E-state index contributed by atoms with van der Waals surface area (Å²) in [5.74, 6) is 0. The molecule has 3 N–H and O–H groups in total. The third-order valence-electron chi connectivity index (χ3n) is 3.36. The highest BCUT2D eigenvalue weighted by molar-refractivity contribution is 8.14. The van der Waals surface area contributed by atoms with Crippen molar-refractivity contribution >= 4 is 16.9 Å². The van der Waals surface area contributed by atoms with Crippen LogP contribution in [-0.4, -0.2) is 74.9 Å². The van der Waals surface area contributed by atoms with Gasteiger partial charge in [0, 0.05) is 13.1 Å². The molecule has 0 saturated carbocycles. The van der Waals surface area contributed by atoms with Gasteiger partial charge in [0.1, 0.15) is 29.8 Å². The normalized spacial score (nSPS) is 39.4. The first-order chi connectivity index (χ1) is 8.62. The van der Waals surface area contributed by atoms with Gasteiger partial charge in [-0.25, -0.2) is 0 Å². The number of thioether (sulfide) groups is 1. The fraction of sp³-hybridized carbons (Fsp3) is 0.909. The van der Waals surface area contributed by atoms with Gasteiger partial charge in [-0.1, -0.05) is 11.8 Å². The highest BCUT2D eigenvalue weighted by atomic mass is 32.2. The number of hydrogen-bond donors (Lipinski definition) is 3. The van der Waals surface area contributed by atoms with Crippen molar-refractivity contribution in [2.45, 2.75) is 43.6 Å². The van der Waals surface area contributed by atoms with Gasteiger partial charge in [-0.05, 0) is 13.8 Å². The zero-order valence-corrected chi connectivity index (χ0v) is 11.4. The van der Waals surface area contributed by atoms with Gasteiger partial charge in [-0.15, -0.1) is 0 Å². The quantitative estimate of drug-likeness (QED) is 0.628. The second kappa shape index (κ2) is 5.75. The summed E-state index contributed by atoms with van der Waals surface area (Å²) in [5, 5.41) is 29.8. The molecule has 104 valence electrons. The Morgan fingerprint density at radius 2 is 1.94 bits per heavy atom. The lowest BCUT2D eigenvalue weighted by atomic mass is 9.99. The number of aliphatic hydroxyl groups is 3. The summed E-state index contributed by atoms with van der Waals surface area (Å²) in [5.41, 5.74) is -0.323. The standard InChI is InChI=1S/C11H20N2O4S/c1-3-13(4-2)11-12-7-9(16)8(15)6(5-14)17-10(7)18-11/h6-10,14-16H,3-5H2,1-2H3/t6-,7-,8-,9-,10-/m1/s1. The van der Waals surface area contributed by atoms with Gasteiger partial charge in [-0.3, -0.25) is 4.99 Å². The fourth-order valence-corrected chi connectivity index (χ4v) is 3.57. The molecule has 2 aliphatic rings. The Morgan fingerprint density at radius 3 is 2.50 bits per heavy atom. The van der Waals surface area contributed by atoms with Gasteiger partial charge in [0.25, 0.3) is 0 Å². The van der Waals surface area contributed by atoms with Gasteiger partial charge in [0.15, 0.2) is 5.17 Å². The maximum absolute atomic E-state index is 10.0. The molecule has 5 atom stereocenters. The Labute approximate surface area is 111 Å². The zero-order valence-electron chi connectivity index (χ0n) is 10.6. The number of nitrogens with zero attached hydrogens (tertiary/aromatic N) is 2. The molecule has 7 heteroatoms. The number of aliphatic imine (C=N–C) groups is 1. The van der Waals surface area contributed by atoms with Crippen LogP contribution >= 0.6 is 11.8 Å². The predicted molar refractivity (Wildman–Crippen MR) is 69.5 cm³/mol. The summed E-state index contributed by atoms with van der Waals surface area (Å²) in [6.45, 7) is 5.45. The van der Waals surface area contributed by atoms with Crippen LogP contribution in [0.4, 0.5) is 0 Å². The van der Waals surface area contributed by atoms with E-state index < -0.39 is 24.4 Å². The Morgan fingerprint density at radius 1 is 1.28 bits per heavy atom. The van der Waals surface area contributed by atoms with Crippen molar-refractivity contribution in [3.63, 3.8) is 0 Å². The minimum atomic E-state index is -1.09. The lowest BCUT2D eigenvalue weighted by Crippen LogP contribution is -2.55. The molecule has 0 aromatic rings. The van der Waals surface area contributed by atoms with Crippen LogP contribution in [0.5, 0.6) is 0 Å². The summed E-state index contributed by atoms with van der Waals surface area (Å²) < 4.78 is 5.57. The smallest absolute Gasteiger partial charge is 0.162 e. The van der Waals surface area contributed by atoms with Crippen LogP contribution in [0.25, 0.3) is 0 Å². The molecule has 0 amide bonds. The predicted octanol–water partition coefficient (Wildman–Crippen LogP) is -0.761. The lowest BCUT2D eigenvalue weighted by Gasteiger charge is -2.37. The SMILES string of the molecule is CCN(CC)C1=N[C@@H]2[C@@H](O)[C@H](O)[C@@H](CO)O[C@@H]2S1. The van der Waals surface area contributed by atoms with Crippen LogP contribution < -0.4 is 0 Å². The van der Waals surface area contributed by atoms with E-state index in [-0.39, 0.29) is 12.0 Å². The van der Waals surface area contributed by atoms with Crippen LogP contribution in [-0.2, 0) is 4.74 Å². The van der Waals surface area contributed by atoms with E-state index in [0.29, 0.717) is 0 Å². The molecule has 2 heterocycles. The zero-order chi connectivity index (χ0) is 13.3. The van der Waals surface area contributed by atoms with Crippen molar-refractivity contribution in [2.24, 2.45) is 4.99 Å². The van der Waals surface area contributed by atoms with Crippen LogP contribution in [0.2, 0.25) is 0 Å². The highest BCUT2D eigenvalue weighted by Crippen LogP contribution is 2.37. The molecule has 1 saturated heterocycles. The van der Waals surface area contributed by atoms with Crippen molar-refractivity contribution in [3.05, 3.63) is 0 Å². The molecule has 2 rings (SSSR count). The molecule has 0 aromatic heterocycles.